The zero-order valence-electron chi connectivity index (χ0n) is 42.1. The van der Waals surface area contributed by atoms with E-state index in [0.29, 0.717) is 43.5 Å². The highest BCUT2D eigenvalue weighted by Gasteiger charge is 2.41. The standard InChI is InChI=1S/C48H62F6N10O10/c1-27-14-19-63(44(70)74-46(5,6)7)64(38(66)13-9-11-17-56)36-23-29(48(52,53)54)22-33(40(36)71-27)61-42(68)35-24-34(57-26-58-35)41(67)60-32-21-28(47(49,50)51)20-31(59-37(65)12-8-10-16-55)39(32)72-30-15-18-62(25-30)43(69)73-45(2,3)4/h20-24,26-27,30H,8-19,25,55-56H2,1-7H3,(H,59,65)(H,60,67)(H,61,68)/t27-,30+/m0/s1. The zero-order chi connectivity index (χ0) is 54.9. The molecule has 0 aliphatic carbocycles. The van der Waals surface area contributed by atoms with E-state index in [1.165, 1.54) is 4.90 Å². The molecule has 2 atom stereocenters. The van der Waals surface area contributed by atoms with Crippen molar-refractivity contribution in [2.45, 2.75) is 136 Å². The van der Waals surface area contributed by atoms with Crippen LogP contribution in [-0.4, -0.2) is 112 Å². The molecule has 2 aromatic carbocycles. The number of nitrogens with zero attached hydrogens (tertiary/aromatic N) is 5. The first-order chi connectivity index (χ1) is 34.5. The Morgan fingerprint density at radius 1 is 0.689 bits per heavy atom. The number of fused-ring (bicyclic) bond motifs is 1. The molecule has 0 spiro atoms. The zero-order valence-corrected chi connectivity index (χ0v) is 42.1. The van der Waals surface area contributed by atoms with Crippen LogP contribution in [0.25, 0.3) is 0 Å². The summed E-state index contributed by atoms with van der Waals surface area (Å²) in [6.45, 7) is 11.4. The van der Waals surface area contributed by atoms with Gasteiger partial charge in [-0.15, -0.1) is 0 Å². The lowest BCUT2D eigenvalue weighted by atomic mass is 10.1. The van der Waals surface area contributed by atoms with Gasteiger partial charge >= 0.3 is 24.5 Å². The quantitative estimate of drug-likeness (QED) is 0.0709. The van der Waals surface area contributed by atoms with E-state index in [1.807, 2.05) is 0 Å². The summed E-state index contributed by atoms with van der Waals surface area (Å²) >= 11 is 0. The molecule has 0 saturated carbocycles. The highest BCUT2D eigenvalue weighted by Crippen LogP contribution is 2.46. The summed E-state index contributed by atoms with van der Waals surface area (Å²) in [5.41, 5.74) is 2.95. The molecule has 0 unspecified atom stereocenters. The smallest absolute Gasteiger partial charge is 0.429 e. The Morgan fingerprint density at radius 2 is 1.22 bits per heavy atom. The topological polar surface area (TPSA) is 263 Å². The minimum atomic E-state index is -5.11. The van der Waals surface area contributed by atoms with Gasteiger partial charge in [0.15, 0.2) is 11.5 Å². The number of carbonyl (C=O) groups is 6. The molecule has 20 nitrogen and oxygen atoms in total. The summed E-state index contributed by atoms with van der Waals surface area (Å²) < 4.78 is 111. The van der Waals surface area contributed by atoms with Crippen molar-refractivity contribution in [1.29, 1.82) is 0 Å². The Morgan fingerprint density at radius 3 is 1.78 bits per heavy atom. The maximum atomic E-state index is 14.8. The first-order valence-corrected chi connectivity index (χ1v) is 23.8. The maximum Gasteiger partial charge on any atom is 0.429 e. The molecule has 3 aromatic rings. The second kappa shape index (κ2) is 23.9. The Labute approximate surface area is 423 Å². The van der Waals surface area contributed by atoms with Crippen LogP contribution in [0, 0.1) is 0 Å². The van der Waals surface area contributed by atoms with Gasteiger partial charge in [0.25, 0.3) is 11.8 Å². The number of anilines is 4. The van der Waals surface area contributed by atoms with Crippen molar-refractivity contribution < 1.29 is 74.1 Å². The molecule has 406 valence electrons. The SMILES string of the molecule is C[C@H]1CCN(C(=O)OC(C)(C)C)N(C(=O)CCCCN)c2cc(C(F)(F)F)cc(NC(=O)c3cc(C(=O)Nc4cc(C(F)(F)F)cc(NC(=O)CCCCN)c4O[C@@H]4CCN(C(=O)OC(C)(C)C)C4)ncn3)c2O1. The normalized spacial score (nSPS) is 16.3. The molecule has 3 heterocycles. The first-order valence-electron chi connectivity index (χ1n) is 23.8. The van der Waals surface area contributed by atoms with Gasteiger partial charge in [0.1, 0.15) is 40.7 Å². The van der Waals surface area contributed by atoms with Gasteiger partial charge in [0, 0.05) is 38.3 Å². The molecule has 2 aliphatic heterocycles. The molecular weight excluding hydrogens is 991 g/mol. The number of nitrogens with one attached hydrogen (secondary N) is 3. The van der Waals surface area contributed by atoms with Crippen molar-refractivity contribution in [2.75, 3.05) is 53.7 Å². The summed E-state index contributed by atoms with van der Waals surface area (Å²) in [5.74, 6) is -4.90. The number of aromatic nitrogens is 2. The number of halogens is 6. The van der Waals surface area contributed by atoms with Crippen molar-refractivity contribution >= 4 is 58.6 Å². The Balaban J connectivity index is 1.55. The van der Waals surface area contributed by atoms with Gasteiger partial charge in [-0.1, -0.05) is 0 Å². The number of ether oxygens (including phenoxy) is 4. The molecule has 5 rings (SSSR count). The largest absolute Gasteiger partial charge is 0.486 e. The molecule has 0 radical (unpaired) electrons. The monoisotopic (exact) mass is 1050 g/mol. The van der Waals surface area contributed by atoms with Gasteiger partial charge in [0.2, 0.25) is 11.8 Å². The van der Waals surface area contributed by atoms with Crippen LogP contribution < -0.4 is 41.9 Å². The molecule has 74 heavy (non-hydrogen) atoms. The van der Waals surface area contributed by atoms with Crippen LogP contribution in [0.3, 0.4) is 0 Å². The Kier molecular flexibility index (Phi) is 18.7. The second-order valence-electron chi connectivity index (χ2n) is 19.5. The summed E-state index contributed by atoms with van der Waals surface area (Å²) in [6, 6.07) is 3.09. The molecule has 26 heteroatoms. The summed E-state index contributed by atoms with van der Waals surface area (Å²) in [6.07, 6.45) is -11.8. The van der Waals surface area contributed by atoms with Crippen molar-refractivity contribution in [3.63, 3.8) is 0 Å². The third kappa shape index (κ3) is 16.0. The third-order valence-electron chi connectivity index (χ3n) is 10.9. The summed E-state index contributed by atoms with van der Waals surface area (Å²) in [4.78, 5) is 90.9. The van der Waals surface area contributed by atoms with Gasteiger partial charge < -0.3 is 51.3 Å². The van der Waals surface area contributed by atoms with Gasteiger partial charge in [-0.05, 0) is 112 Å². The lowest BCUT2D eigenvalue weighted by Gasteiger charge is -2.39. The number of rotatable bonds is 15. The lowest BCUT2D eigenvalue weighted by molar-refractivity contribution is -0.138. The van der Waals surface area contributed by atoms with Gasteiger partial charge in [-0.3, -0.25) is 19.2 Å². The number of likely N-dealkylation sites (tertiary alicyclic amines) is 1. The minimum absolute atomic E-state index is 0.0243. The minimum Gasteiger partial charge on any atom is -0.486 e. The molecule has 0 bridgehead atoms. The van der Waals surface area contributed by atoms with Crippen LogP contribution in [0.1, 0.15) is 132 Å². The number of hydrazine groups is 1. The van der Waals surface area contributed by atoms with Crippen LogP contribution in [0.5, 0.6) is 11.5 Å². The fourth-order valence-electron chi connectivity index (χ4n) is 7.44. The first kappa shape index (κ1) is 57.9. The fraction of sp³-hybridized carbons (Fsp3) is 0.542. The number of carbonyl (C=O) groups excluding carboxylic acids is 6. The van der Waals surface area contributed by atoms with Gasteiger partial charge in [0.05, 0.1) is 47.4 Å². The summed E-state index contributed by atoms with van der Waals surface area (Å²) in [5, 5.41) is 8.64. The average Bonchev–Trinajstić information content (AvgIpc) is 3.76. The molecule has 1 fully saturated rings. The van der Waals surface area contributed by atoms with E-state index in [-0.39, 0.29) is 64.8 Å². The van der Waals surface area contributed by atoms with E-state index in [1.54, 1.807) is 48.5 Å². The van der Waals surface area contributed by atoms with Crippen molar-refractivity contribution in [3.05, 3.63) is 59.2 Å². The second-order valence-corrected chi connectivity index (χ2v) is 19.5. The van der Waals surface area contributed by atoms with Gasteiger partial charge in [-0.2, -0.15) is 26.3 Å². The molecule has 7 N–H and O–H groups in total. The van der Waals surface area contributed by atoms with E-state index >= 15 is 0 Å². The fourth-order valence-corrected chi connectivity index (χ4v) is 7.44. The van der Waals surface area contributed by atoms with E-state index < -0.39 is 128 Å². The number of benzene rings is 2. The Bertz CT molecular complexity index is 2550. The predicted octanol–water partition coefficient (Wildman–Crippen LogP) is 8.26. The highest BCUT2D eigenvalue weighted by atomic mass is 19.4. The van der Waals surface area contributed by atoms with Crippen LogP contribution in [0.2, 0.25) is 0 Å². The van der Waals surface area contributed by atoms with Crippen LogP contribution >= 0.6 is 0 Å². The Hall–Kier alpha value is -6.96. The number of hydrogen-bond donors (Lipinski definition) is 5. The summed E-state index contributed by atoms with van der Waals surface area (Å²) in [7, 11) is 0. The third-order valence-corrected chi connectivity index (χ3v) is 10.9. The molecular formula is C48H62F6N10O10. The maximum absolute atomic E-state index is 14.8. The number of nitrogens with two attached hydrogens (primary N) is 2. The number of hydrogen-bond acceptors (Lipinski definition) is 14. The molecule has 6 amide bonds. The molecule has 2 aliphatic rings. The highest BCUT2D eigenvalue weighted by molar-refractivity contribution is 6.09. The number of amides is 6. The van der Waals surface area contributed by atoms with E-state index in [2.05, 4.69) is 25.9 Å². The van der Waals surface area contributed by atoms with E-state index in [9.17, 15) is 55.1 Å². The number of unbranched alkanes of at least 4 members (excludes halogenated alkanes) is 2. The average molecular weight is 1050 g/mol. The van der Waals surface area contributed by atoms with Gasteiger partial charge in [-0.25, -0.2) is 29.6 Å². The van der Waals surface area contributed by atoms with Crippen molar-refractivity contribution in [1.82, 2.24) is 19.9 Å². The van der Waals surface area contributed by atoms with Crippen LogP contribution in [0.4, 0.5) is 58.7 Å². The van der Waals surface area contributed by atoms with Crippen LogP contribution in [0.15, 0.2) is 36.7 Å². The van der Waals surface area contributed by atoms with Crippen molar-refractivity contribution in [2.24, 2.45) is 11.5 Å². The molecule has 1 saturated heterocycles. The molecule has 1 aromatic heterocycles. The van der Waals surface area contributed by atoms with Crippen molar-refractivity contribution in [3.8, 4) is 11.5 Å². The van der Waals surface area contributed by atoms with Crippen LogP contribution in [-0.2, 0) is 31.4 Å². The predicted molar refractivity (Wildman–Crippen MR) is 257 cm³/mol. The lowest BCUT2D eigenvalue weighted by Crippen LogP contribution is -2.53. The van der Waals surface area contributed by atoms with E-state index in [0.717, 1.165) is 22.4 Å². The van der Waals surface area contributed by atoms with E-state index in [4.69, 9.17) is 30.4 Å². The number of alkyl halides is 6.